The van der Waals surface area contributed by atoms with Crippen LogP contribution in [0.2, 0.25) is 0 Å². The van der Waals surface area contributed by atoms with Crippen LogP contribution in [0.15, 0.2) is 12.4 Å². The zero-order chi connectivity index (χ0) is 17.6. The van der Waals surface area contributed by atoms with Crippen LogP contribution in [0.5, 0.6) is 0 Å². The molecule has 0 saturated carbocycles. The molecule has 1 aromatic heterocycles. The highest BCUT2D eigenvalue weighted by Gasteiger charge is 2.20. The lowest BCUT2D eigenvalue weighted by atomic mass is 10.0. The second-order valence-corrected chi connectivity index (χ2v) is 6.98. The van der Waals surface area contributed by atoms with Crippen molar-refractivity contribution in [1.82, 2.24) is 9.97 Å². The number of nitrogens with zero attached hydrogens (tertiary/aromatic N) is 3. The van der Waals surface area contributed by atoms with Gasteiger partial charge >= 0.3 is 0 Å². The zero-order valence-electron chi connectivity index (χ0n) is 16.6. The fraction of sp³-hybridized carbons (Fsp3) is 0.810. The molecule has 138 valence electrons. The maximum absolute atomic E-state index is 4.74. The van der Waals surface area contributed by atoms with Gasteiger partial charge in [-0.1, -0.05) is 66.2 Å². The second-order valence-electron chi connectivity index (χ2n) is 6.98. The van der Waals surface area contributed by atoms with Crippen molar-refractivity contribution < 1.29 is 0 Å². The van der Waals surface area contributed by atoms with Crippen LogP contribution in [0.25, 0.3) is 0 Å². The maximum Gasteiger partial charge on any atom is 0.225 e. The molecule has 0 aromatic carbocycles. The highest BCUT2D eigenvalue weighted by Crippen LogP contribution is 2.21. The van der Waals surface area contributed by atoms with Crippen LogP contribution in [-0.4, -0.2) is 22.6 Å². The number of unbranched alkanes of at least 4 members (excludes halogenated alkanes) is 4. The first-order valence-corrected chi connectivity index (χ1v) is 10.3. The number of rotatable bonds is 14. The Kier molecular flexibility index (Phi) is 11.5. The third kappa shape index (κ3) is 7.63. The Morgan fingerprint density at radius 2 is 1.33 bits per heavy atom. The number of anilines is 1. The standard InChI is InChI=1S/C21H39N3/c1-5-9-13-19-17-22-21(23-18-19)24(16-12-8-4)20(14-10-6-2)15-11-7-3/h17-18,20H,5-16H2,1-4H3. The van der Waals surface area contributed by atoms with Crippen molar-refractivity contribution in [3.05, 3.63) is 18.0 Å². The molecule has 0 radical (unpaired) electrons. The van der Waals surface area contributed by atoms with Gasteiger partial charge in [0.25, 0.3) is 0 Å². The Morgan fingerprint density at radius 1 is 0.792 bits per heavy atom. The zero-order valence-corrected chi connectivity index (χ0v) is 16.6. The molecule has 0 aliphatic carbocycles. The molecule has 3 heteroatoms. The van der Waals surface area contributed by atoms with E-state index in [-0.39, 0.29) is 0 Å². The molecule has 1 rings (SSSR count). The van der Waals surface area contributed by atoms with E-state index in [4.69, 9.17) is 9.97 Å². The van der Waals surface area contributed by atoms with Gasteiger partial charge in [-0.2, -0.15) is 0 Å². The van der Waals surface area contributed by atoms with Gasteiger partial charge in [0.05, 0.1) is 0 Å². The second kappa shape index (κ2) is 13.2. The van der Waals surface area contributed by atoms with Crippen LogP contribution in [0.1, 0.15) is 97.5 Å². The van der Waals surface area contributed by atoms with Crippen LogP contribution in [0, 0.1) is 0 Å². The Hall–Kier alpha value is -1.12. The van der Waals surface area contributed by atoms with Crippen LogP contribution in [0.4, 0.5) is 5.95 Å². The van der Waals surface area contributed by atoms with Gasteiger partial charge in [0.2, 0.25) is 5.95 Å². The molecule has 24 heavy (non-hydrogen) atoms. The average Bonchev–Trinajstić information content (AvgIpc) is 2.62. The number of aromatic nitrogens is 2. The summed E-state index contributed by atoms with van der Waals surface area (Å²) in [5.74, 6) is 0.945. The molecule has 0 unspecified atom stereocenters. The molecular weight excluding hydrogens is 294 g/mol. The Balaban J connectivity index is 2.86. The van der Waals surface area contributed by atoms with Gasteiger partial charge in [0.15, 0.2) is 0 Å². The van der Waals surface area contributed by atoms with Gasteiger partial charge in [-0.05, 0) is 37.7 Å². The van der Waals surface area contributed by atoms with E-state index in [0.29, 0.717) is 6.04 Å². The van der Waals surface area contributed by atoms with Crippen molar-refractivity contribution >= 4 is 5.95 Å². The summed E-state index contributed by atoms with van der Waals surface area (Å²) in [6.07, 6.45) is 17.7. The number of aryl methyl sites for hydroxylation is 1. The molecule has 0 fully saturated rings. The van der Waals surface area contributed by atoms with Gasteiger partial charge in [-0.25, -0.2) is 9.97 Å². The van der Waals surface area contributed by atoms with E-state index in [9.17, 15) is 0 Å². The molecule has 1 aromatic rings. The average molecular weight is 334 g/mol. The van der Waals surface area contributed by atoms with Gasteiger partial charge < -0.3 is 4.90 Å². The Morgan fingerprint density at radius 3 is 1.83 bits per heavy atom. The quantitative estimate of drug-likeness (QED) is 0.407. The van der Waals surface area contributed by atoms with Crippen LogP contribution in [-0.2, 0) is 6.42 Å². The summed E-state index contributed by atoms with van der Waals surface area (Å²) in [5, 5.41) is 0. The van der Waals surface area contributed by atoms with E-state index in [0.717, 1.165) is 18.9 Å². The normalized spacial score (nSPS) is 11.2. The van der Waals surface area contributed by atoms with Gasteiger partial charge in [0.1, 0.15) is 0 Å². The molecule has 0 atom stereocenters. The molecule has 0 bridgehead atoms. The fourth-order valence-corrected chi connectivity index (χ4v) is 3.12. The molecule has 0 amide bonds. The fourth-order valence-electron chi connectivity index (χ4n) is 3.12. The molecule has 1 heterocycles. The van der Waals surface area contributed by atoms with Gasteiger partial charge in [0, 0.05) is 25.0 Å². The van der Waals surface area contributed by atoms with E-state index in [1.54, 1.807) is 0 Å². The van der Waals surface area contributed by atoms with E-state index < -0.39 is 0 Å². The SMILES string of the molecule is CCCCc1cnc(N(CCCC)C(CCCC)CCCC)nc1. The monoisotopic (exact) mass is 333 g/mol. The number of hydrogen-bond donors (Lipinski definition) is 0. The van der Waals surface area contributed by atoms with Crippen molar-refractivity contribution in [2.24, 2.45) is 0 Å². The van der Waals surface area contributed by atoms with Crippen molar-refractivity contribution in [1.29, 1.82) is 0 Å². The van der Waals surface area contributed by atoms with Crippen LogP contribution in [0.3, 0.4) is 0 Å². The lowest BCUT2D eigenvalue weighted by Gasteiger charge is -2.32. The molecule has 3 nitrogen and oxygen atoms in total. The third-order valence-corrected chi connectivity index (χ3v) is 4.74. The first-order chi connectivity index (χ1) is 11.8. The minimum Gasteiger partial charge on any atom is -0.338 e. The van der Waals surface area contributed by atoms with Crippen molar-refractivity contribution in [2.45, 2.75) is 104 Å². The Bertz CT molecular complexity index is 394. The largest absolute Gasteiger partial charge is 0.338 e. The van der Waals surface area contributed by atoms with Crippen molar-refractivity contribution in [3.8, 4) is 0 Å². The van der Waals surface area contributed by atoms with Crippen molar-refractivity contribution in [2.75, 3.05) is 11.4 Å². The molecule has 0 saturated heterocycles. The smallest absolute Gasteiger partial charge is 0.225 e. The predicted molar refractivity (Wildman–Crippen MR) is 106 cm³/mol. The van der Waals surface area contributed by atoms with Gasteiger partial charge in [-0.15, -0.1) is 0 Å². The summed E-state index contributed by atoms with van der Waals surface area (Å²) < 4.78 is 0. The minimum absolute atomic E-state index is 0.595. The molecule has 0 aliphatic rings. The first-order valence-electron chi connectivity index (χ1n) is 10.3. The highest BCUT2D eigenvalue weighted by atomic mass is 15.3. The van der Waals surface area contributed by atoms with Crippen LogP contribution < -0.4 is 4.90 Å². The van der Waals surface area contributed by atoms with Crippen molar-refractivity contribution in [3.63, 3.8) is 0 Å². The van der Waals surface area contributed by atoms with E-state index >= 15 is 0 Å². The summed E-state index contributed by atoms with van der Waals surface area (Å²) in [7, 11) is 0. The summed E-state index contributed by atoms with van der Waals surface area (Å²) in [6.45, 7) is 10.1. The first kappa shape index (κ1) is 20.9. The molecular formula is C21H39N3. The summed E-state index contributed by atoms with van der Waals surface area (Å²) in [4.78, 5) is 12.0. The number of hydrogen-bond acceptors (Lipinski definition) is 3. The molecule has 0 N–H and O–H groups in total. The topological polar surface area (TPSA) is 29.0 Å². The lowest BCUT2D eigenvalue weighted by molar-refractivity contribution is 0.468. The maximum atomic E-state index is 4.74. The van der Waals surface area contributed by atoms with E-state index in [1.807, 2.05) is 12.4 Å². The highest BCUT2D eigenvalue weighted by molar-refractivity contribution is 5.31. The minimum atomic E-state index is 0.595. The van der Waals surface area contributed by atoms with Gasteiger partial charge in [-0.3, -0.25) is 0 Å². The summed E-state index contributed by atoms with van der Waals surface area (Å²) in [5.41, 5.74) is 1.27. The predicted octanol–water partition coefficient (Wildman–Crippen LogP) is 6.17. The molecule has 0 aliphatic heterocycles. The van der Waals surface area contributed by atoms with Crippen LogP contribution >= 0.6 is 0 Å². The van der Waals surface area contributed by atoms with E-state index in [2.05, 4.69) is 32.6 Å². The third-order valence-electron chi connectivity index (χ3n) is 4.74. The summed E-state index contributed by atoms with van der Waals surface area (Å²) in [6, 6.07) is 0.595. The lowest BCUT2D eigenvalue weighted by Crippen LogP contribution is -2.37. The van der Waals surface area contributed by atoms with E-state index in [1.165, 1.54) is 69.8 Å². The molecule has 0 spiro atoms. The Labute approximate surface area is 150 Å². The summed E-state index contributed by atoms with van der Waals surface area (Å²) >= 11 is 0.